The first-order valence-corrected chi connectivity index (χ1v) is 8.43. The van der Waals surface area contributed by atoms with Crippen LogP contribution in [-0.2, 0) is 0 Å². The van der Waals surface area contributed by atoms with Crippen molar-refractivity contribution in [1.82, 2.24) is 19.5 Å². The van der Waals surface area contributed by atoms with Gasteiger partial charge in [-0.05, 0) is 31.2 Å². The minimum absolute atomic E-state index is 0.227. The Labute approximate surface area is 154 Å². The third-order valence-corrected chi connectivity index (χ3v) is 4.32. The van der Waals surface area contributed by atoms with Gasteiger partial charge in [0.05, 0.1) is 11.0 Å². The van der Waals surface area contributed by atoms with E-state index in [1.54, 1.807) is 6.07 Å². The normalized spacial score (nSPS) is 12.5. The summed E-state index contributed by atoms with van der Waals surface area (Å²) in [4.78, 5) is 13.5. The van der Waals surface area contributed by atoms with Gasteiger partial charge in [0.2, 0.25) is 12.7 Å². The number of nitrogens with zero attached hydrogens (tertiary/aromatic N) is 4. The van der Waals surface area contributed by atoms with Crippen LogP contribution in [0.2, 0.25) is 0 Å². The minimum atomic E-state index is 0.227. The van der Waals surface area contributed by atoms with Gasteiger partial charge in [-0.3, -0.25) is 4.57 Å². The highest BCUT2D eigenvalue weighted by atomic mass is 16.7. The van der Waals surface area contributed by atoms with Gasteiger partial charge in [0.25, 0.3) is 0 Å². The molecule has 1 aliphatic heterocycles. The highest BCUT2D eigenvalue weighted by Gasteiger charge is 2.15. The van der Waals surface area contributed by atoms with Gasteiger partial charge in [0, 0.05) is 17.8 Å². The van der Waals surface area contributed by atoms with Crippen LogP contribution in [0.25, 0.3) is 16.9 Å². The van der Waals surface area contributed by atoms with Crippen molar-refractivity contribution >= 4 is 28.5 Å². The Morgan fingerprint density at radius 3 is 2.78 bits per heavy atom. The van der Waals surface area contributed by atoms with E-state index in [-0.39, 0.29) is 6.79 Å². The molecule has 1 aliphatic rings. The molecule has 2 aromatic heterocycles. The molecule has 0 radical (unpaired) electrons. The zero-order valence-electron chi connectivity index (χ0n) is 14.5. The summed E-state index contributed by atoms with van der Waals surface area (Å²) in [5, 5.41) is 3.17. The van der Waals surface area contributed by atoms with Gasteiger partial charge in [0.15, 0.2) is 11.5 Å². The van der Waals surface area contributed by atoms with E-state index in [1.165, 1.54) is 0 Å². The molecule has 27 heavy (non-hydrogen) atoms. The number of nitrogen functional groups attached to an aromatic ring is 1. The summed E-state index contributed by atoms with van der Waals surface area (Å²) in [6.07, 6.45) is 0. The molecule has 4 aromatic rings. The number of nitrogens with one attached hydrogen (secondary N) is 1. The Hall–Kier alpha value is -3.81. The molecular weight excluding hydrogens is 344 g/mol. The van der Waals surface area contributed by atoms with Gasteiger partial charge >= 0.3 is 0 Å². The predicted molar refractivity (Wildman–Crippen MR) is 102 cm³/mol. The predicted octanol–water partition coefficient (Wildman–Crippen LogP) is 3.18. The lowest BCUT2D eigenvalue weighted by Crippen LogP contribution is -2.06. The average Bonchev–Trinajstić information content (AvgIpc) is 3.23. The lowest BCUT2D eigenvalue weighted by atomic mass is 10.3. The molecule has 0 bridgehead atoms. The van der Waals surface area contributed by atoms with Gasteiger partial charge in [-0.25, -0.2) is 4.98 Å². The van der Waals surface area contributed by atoms with Crippen molar-refractivity contribution in [3.63, 3.8) is 0 Å². The van der Waals surface area contributed by atoms with Gasteiger partial charge in [0.1, 0.15) is 17.5 Å². The Kier molecular flexibility index (Phi) is 3.36. The SMILES string of the molecule is Cc1nc2ccccc2n1-c1cc(N)nc(Nc2ccc3c(c2)OCO3)n1. The standard InChI is InChI=1S/C19H16N6O2/c1-11-21-13-4-2-3-5-14(13)25(11)18-9-17(20)23-19(24-18)22-12-6-7-15-16(8-12)27-10-26-15/h2-9H,10H2,1H3,(H3,20,22,23,24). The maximum absolute atomic E-state index is 6.03. The van der Waals surface area contributed by atoms with E-state index < -0.39 is 0 Å². The van der Waals surface area contributed by atoms with Gasteiger partial charge in [-0.15, -0.1) is 0 Å². The molecule has 0 aliphatic carbocycles. The summed E-state index contributed by atoms with van der Waals surface area (Å²) in [6, 6.07) is 15.2. The Morgan fingerprint density at radius 2 is 1.85 bits per heavy atom. The number of ether oxygens (including phenoxy) is 2. The van der Waals surface area contributed by atoms with E-state index in [1.807, 2.05) is 54.0 Å². The zero-order valence-corrected chi connectivity index (χ0v) is 14.5. The number of aryl methyl sites for hydroxylation is 1. The smallest absolute Gasteiger partial charge is 0.231 e. The van der Waals surface area contributed by atoms with Crippen molar-refractivity contribution in [1.29, 1.82) is 0 Å². The molecule has 0 atom stereocenters. The van der Waals surface area contributed by atoms with Crippen LogP contribution >= 0.6 is 0 Å². The minimum Gasteiger partial charge on any atom is -0.454 e. The van der Waals surface area contributed by atoms with E-state index in [2.05, 4.69) is 20.3 Å². The summed E-state index contributed by atoms with van der Waals surface area (Å²) >= 11 is 0. The number of aromatic nitrogens is 4. The van der Waals surface area contributed by atoms with Crippen molar-refractivity contribution < 1.29 is 9.47 Å². The fraction of sp³-hybridized carbons (Fsp3) is 0.105. The quantitative estimate of drug-likeness (QED) is 0.579. The van der Waals surface area contributed by atoms with Crippen LogP contribution < -0.4 is 20.5 Å². The molecule has 0 saturated carbocycles. The molecule has 5 rings (SSSR count). The van der Waals surface area contributed by atoms with Crippen LogP contribution in [-0.4, -0.2) is 26.3 Å². The molecule has 8 heteroatoms. The fourth-order valence-corrected chi connectivity index (χ4v) is 3.16. The van der Waals surface area contributed by atoms with E-state index >= 15 is 0 Å². The second-order valence-electron chi connectivity index (χ2n) is 6.15. The summed E-state index contributed by atoms with van der Waals surface area (Å²) in [5.74, 6) is 3.62. The number of anilines is 3. The van der Waals surface area contributed by atoms with Crippen LogP contribution in [0.5, 0.6) is 11.5 Å². The Balaban J connectivity index is 1.56. The molecule has 0 spiro atoms. The number of benzene rings is 2. The van der Waals surface area contributed by atoms with Gasteiger partial charge < -0.3 is 20.5 Å². The third kappa shape index (κ3) is 2.67. The van der Waals surface area contributed by atoms with E-state index in [4.69, 9.17) is 15.2 Å². The van der Waals surface area contributed by atoms with Crippen molar-refractivity contribution in [3.05, 3.63) is 54.4 Å². The van der Waals surface area contributed by atoms with Crippen LogP contribution in [0.4, 0.5) is 17.5 Å². The molecular formula is C19H16N6O2. The highest BCUT2D eigenvalue weighted by Crippen LogP contribution is 2.35. The van der Waals surface area contributed by atoms with Crippen molar-refractivity contribution in [2.75, 3.05) is 17.8 Å². The van der Waals surface area contributed by atoms with Crippen molar-refractivity contribution in [3.8, 4) is 17.3 Å². The molecule has 3 N–H and O–H groups in total. The van der Waals surface area contributed by atoms with E-state index in [0.717, 1.165) is 28.3 Å². The van der Waals surface area contributed by atoms with Crippen LogP contribution in [0.3, 0.4) is 0 Å². The Bertz CT molecular complexity index is 1170. The topological polar surface area (TPSA) is 100 Å². The third-order valence-electron chi connectivity index (χ3n) is 4.32. The molecule has 0 saturated heterocycles. The molecule has 8 nitrogen and oxygen atoms in total. The summed E-state index contributed by atoms with van der Waals surface area (Å²) in [7, 11) is 0. The lowest BCUT2D eigenvalue weighted by Gasteiger charge is -2.11. The number of nitrogens with two attached hydrogens (primary N) is 1. The number of hydrogen-bond acceptors (Lipinski definition) is 7. The number of hydrogen-bond donors (Lipinski definition) is 2. The van der Waals surface area contributed by atoms with Crippen molar-refractivity contribution in [2.45, 2.75) is 6.92 Å². The second kappa shape index (κ2) is 5.87. The monoisotopic (exact) mass is 360 g/mol. The maximum Gasteiger partial charge on any atom is 0.231 e. The first-order valence-electron chi connectivity index (χ1n) is 8.43. The number of imidazole rings is 1. The maximum atomic E-state index is 6.03. The largest absolute Gasteiger partial charge is 0.454 e. The lowest BCUT2D eigenvalue weighted by molar-refractivity contribution is 0.174. The molecule has 0 unspecified atom stereocenters. The summed E-state index contributed by atoms with van der Waals surface area (Å²) < 4.78 is 12.7. The fourth-order valence-electron chi connectivity index (χ4n) is 3.16. The highest BCUT2D eigenvalue weighted by molar-refractivity contribution is 5.78. The molecule has 2 aromatic carbocycles. The van der Waals surface area contributed by atoms with Gasteiger partial charge in [-0.2, -0.15) is 9.97 Å². The molecule has 0 fully saturated rings. The number of para-hydroxylation sites is 2. The molecule has 0 amide bonds. The average molecular weight is 360 g/mol. The zero-order chi connectivity index (χ0) is 18.4. The second-order valence-corrected chi connectivity index (χ2v) is 6.15. The summed E-state index contributed by atoms with van der Waals surface area (Å²) in [5.41, 5.74) is 8.68. The summed E-state index contributed by atoms with van der Waals surface area (Å²) in [6.45, 7) is 2.16. The number of fused-ring (bicyclic) bond motifs is 2. The first kappa shape index (κ1) is 15.4. The van der Waals surface area contributed by atoms with Crippen LogP contribution in [0.15, 0.2) is 48.5 Å². The first-order chi connectivity index (χ1) is 13.2. The molecule has 134 valence electrons. The molecule has 3 heterocycles. The van der Waals surface area contributed by atoms with E-state index in [0.29, 0.717) is 23.3 Å². The van der Waals surface area contributed by atoms with Crippen LogP contribution in [0, 0.1) is 6.92 Å². The number of rotatable bonds is 3. The van der Waals surface area contributed by atoms with Gasteiger partial charge in [-0.1, -0.05) is 12.1 Å². The van der Waals surface area contributed by atoms with Crippen LogP contribution in [0.1, 0.15) is 5.82 Å². The van der Waals surface area contributed by atoms with Crippen molar-refractivity contribution in [2.24, 2.45) is 0 Å². The van der Waals surface area contributed by atoms with E-state index in [9.17, 15) is 0 Å². The Morgan fingerprint density at radius 1 is 1.00 bits per heavy atom.